The van der Waals surface area contributed by atoms with Gasteiger partial charge in [0.25, 0.3) is 0 Å². The number of carbonyl (C=O) groups excluding carboxylic acids is 1. The maximum absolute atomic E-state index is 11.6. The molecule has 0 amide bonds. The Morgan fingerprint density at radius 3 is 2.60 bits per heavy atom. The fourth-order valence-corrected chi connectivity index (χ4v) is 1.51. The van der Waals surface area contributed by atoms with Crippen LogP contribution in [0.2, 0.25) is 10.0 Å². The summed E-state index contributed by atoms with van der Waals surface area (Å²) in [5.74, 6) is -1.18. The van der Waals surface area contributed by atoms with Crippen molar-refractivity contribution in [3.05, 3.63) is 27.7 Å². The lowest BCUT2D eigenvalue weighted by molar-refractivity contribution is 0.0602. The van der Waals surface area contributed by atoms with E-state index in [4.69, 9.17) is 39.6 Å². The first-order valence-electron chi connectivity index (χ1n) is 5.06. The van der Waals surface area contributed by atoms with Crippen LogP contribution in [0, 0.1) is 16.7 Å². The largest absolute Gasteiger partial charge is 0.465 e. The molecule has 0 radical (unpaired) electrons. The number of anilines is 1. The topological polar surface area (TPSA) is 124 Å². The minimum Gasteiger partial charge on any atom is -0.465 e. The second-order valence-electron chi connectivity index (χ2n) is 3.40. The van der Waals surface area contributed by atoms with Gasteiger partial charge < -0.3 is 10.5 Å². The third-order valence-electron chi connectivity index (χ3n) is 2.11. The Morgan fingerprint density at radius 2 is 2.10 bits per heavy atom. The Hall–Kier alpha value is -2.30. The van der Waals surface area contributed by atoms with Gasteiger partial charge in [0.15, 0.2) is 5.84 Å². The molecule has 0 aliphatic heterocycles. The van der Waals surface area contributed by atoms with Gasteiger partial charge in [-0.1, -0.05) is 23.2 Å². The number of amidine groups is 1. The summed E-state index contributed by atoms with van der Waals surface area (Å²) in [6.07, 6.45) is 0. The number of hydrogen-bond acceptors (Lipinski definition) is 6. The van der Waals surface area contributed by atoms with E-state index in [1.165, 1.54) is 19.2 Å². The summed E-state index contributed by atoms with van der Waals surface area (Å²) in [4.78, 5) is 11.6. The lowest BCUT2D eigenvalue weighted by Gasteiger charge is -2.09. The molecule has 0 spiro atoms. The SMILES string of the molecule is COC(=O)c1cc(Cl)c(Cl)cc1N/N=C(\C#N)C(=N)N. The third kappa shape index (κ3) is 3.60. The lowest BCUT2D eigenvalue weighted by Crippen LogP contribution is -2.22. The number of ether oxygens (including phenoxy) is 1. The number of hydrazone groups is 1. The summed E-state index contributed by atoms with van der Waals surface area (Å²) in [6, 6.07) is 4.26. The Balaban J connectivity index is 3.24. The maximum atomic E-state index is 11.6. The monoisotopic (exact) mass is 313 g/mol. The highest BCUT2D eigenvalue weighted by Gasteiger charge is 2.15. The van der Waals surface area contributed by atoms with E-state index >= 15 is 0 Å². The smallest absolute Gasteiger partial charge is 0.340 e. The number of benzene rings is 1. The predicted octanol–water partition coefficient (Wildman–Crippen LogP) is 2.01. The maximum Gasteiger partial charge on any atom is 0.340 e. The van der Waals surface area contributed by atoms with Crippen molar-refractivity contribution in [3.8, 4) is 6.07 Å². The van der Waals surface area contributed by atoms with E-state index in [0.29, 0.717) is 0 Å². The quantitative estimate of drug-likeness (QED) is 0.339. The summed E-state index contributed by atoms with van der Waals surface area (Å²) >= 11 is 11.7. The number of nitriles is 1. The van der Waals surface area contributed by atoms with Gasteiger partial charge in [-0.05, 0) is 12.1 Å². The van der Waals surface area contributed by atoms with E-state index in [9.17, 15) is 4.79 Å². The fraction of sp³-hybridized carbons (Fsp3) is 0.0909. The van der Waals surface area contributed by atoms with Gasteiger partial charge in [0.2, 0.25) is 5.71 Å². The van der Waals surface area contributed by atoms with E-state index in [0.717, 1.165) is 0 Å². The average Bonchev–Trinajstić information content (AvgIpc) is 2.41. The number of hydrogen-bond donors (Lipinski definition) is 3. The first-order valence-corrected chi connectivity index (χ1v) is 5.81. The number of rotatable bonds is 4. The Morgan fingerprint density at radius 1 is 1.50 bits per heavy atom. The summed E-state index contributed by atoms with van der Waals surface area (Å²) in [7, 11) is 1.20. The van der Waals surface area contributed by atoms with Crippen molar-refractivity contribution in [3.63, 3.8) is 0 Å². The van der Waals surface area contributed by atoms with E-state index in [1.807, 2.05) is 0 Å². The van der Waals surface area contributed by atoms with Crippen molar-refractivity contribution in [1.82, 2.24) is 0 Å². The number of halogens is 2. The molecule has 20 heavy (non-hydrogen) atoms. The summed E-state index contributed by atoms with van der Waals surface area (Å²) < 4.78 is 4.59. The highest BCUT2D eigenvalue weighted by molar-refractivity contribution is 6.46. The summed E-state index contributed by atoms with van der Waals surface area (Å²) in [5.41, 5.74) is 7.47. The Kier molecular flexibility index (Phi) is 5.32. The molecule has 4 N–H and O–H groups in total. The van der Waals surface area contributed by atoms with Gasteiger partial charge >= 0.3 is 5.97 Å². The first kappa shape index (κ1) is 15.8. The van der Waals surface area contributed by atoms with Crippen LogP contribution >= 0.6 is 23.2 Å². The summed E-state index contributed by atoms with van der Waals surface area (Å²) in [6.45, 7) is 0. The molecule has 1 aromatic rings. The molecule has 1 aromatic carbocycles. The van der Waals surface area contributed by atoms with E-state index in [2.05, 4.69) is 15.3 Å². The van der Waals surface area contributed by atoms with Crippen molar-refractivity contribution >= 4 is 46.4 Å². The molecule has 0 bridgehead atoms. The number of esters is 1. The van der Waals surface area contributed by atoms with E-state index in [-0.39, 0.29) is 27.0 Å². The molecule has 0 aliphatic rings. The van der Waals surface area contributed by atoms with Crippen molar-refractivity contribution in [2.45, 2.75) is 0 Å². The Bertz CT molecular complexity index is 636. The molecule has 0 saturated heterocycles. The standard InChI is InChI=1S/C11H9Cl2N5O2/c1-20-11(19)5-2-6(12)7(13)3-8(5)17-18-9(4-14)10(15)16/h2-3,17H,1H3,(H3,15,16)/b18-9+. The van der Waals surface area contributed by atoms with Crippen LogP contribution < -0.4 is 11.2 Å². The molecule has 0 aliphatic carbocycles. The first-order chi connectivity index (χ1) is 9.40. The second-order valence-corrected chi connectivity index (χ2v) is 4.22. The lowest BCUT2D eigenvalue weighted by atomic mass is 10.2. The van der Waals surface area contributed by atoms with E-state index < -0.39 is 11.8 Å². The zero-order chi connectivity index (χ0) is 15.3. The third-order valence-corrected chi connectivity index (χ3v) is 2.84. The van der Waals surface area contributed by atoms with Crippen molar-refractivity contribution < 1.29 is 9.53 Å². The highest BCUT2D eigenvalue weighted by atomic mass is 35.5. The van der Waals surface area contributed by atoms with Crippen LogP contribution in [0.1, 0.15) is 10.4 Å². The second kappa shape index (κ2) is 6.75. The molecule has 0 saturated carbocycles. The highest BCUT2D eigenvalue weighted by Crippen LogP contribution is 2.29. The zero-order valence-electron chi connectivity index (χ0n) is 10.2. The van der Waals surface area contributed by atoms with Crippen LogP contribution in [0.3, 0.4) is 0 Å². The van der Waals surface area contributed by atoms with Crippen LogP contribution in [0.25, 0.3) is 0 Å². The minimum absolute atomic E-state index is 0.0755. The van der Waals surface area contributed by atoms with Gasteiger partial charge in [0, 0.05) is 0 Å². The van der Waals surface area contributed by atoms with Gasteiger partial charge in [-0.15, -0.1) is 0 Å². The molecule has 1 rings (SSSR count). The molecule has 104 valence electrons. The Labute approximate surface area is 124 Å². The van der Waals surface area contributed by atoms with Crippen LogP contribution in [-0.2, 0) is 4.74 Å². The molecule has 0 aromatic heterocycles. The molecule has 0 fully saturated rings. The molecule has 0 atom stereocenters. The van der Waals surface area contributed by atoms with Gasteiger partial charge in [0.05, 0.1) is 28.4 Å². The van der Waals surface area contributed by atoms with Crippen LogP contribution in [0.4, 0.5) is 5.69 Å². The molecular formula is C11H9Cl2N5O2. The van der Waals surface area contributed by atoms with Crippen molar-refractivity contribution in [2.75, 3.05) is 12.5 Å². The number of nitrogens with one attached hydrogen (secondary N) is 2. The number of carbonyl (C=O) groups is 1. The van der Waals surface area contributed by atoms with Crippen molar-refractivity contribution in [1.29, 1.82) is 10.7 Å². The average molecular weight is 314 g/mol. The number of nitrogens with two attached hydrogens (primary N) is 1. The zero-order valence-corrected chi connectivity index (χ0v) is 11.7. The number of methoxy groups -OCH3 is 1. The van der Waals surface area contributed by atoms with Gasteiger partial charge in [-0.2, -0.15) is 10.4 Å². The predicted molar refractivity (Wildman–Crippen MR) is 76.4 cm³/mol. The molecule has 7 nitrogen and oxygen atoms in total. The van der Waals surface area contributed by atoms with Crippen LogP contribution in [0.15, 0.2) is 17.2 Å². The molecule has 0 heterocycles. The molecule has 0 unspecified atom stereocenters. The number of nitrogens with zero attached hydrogens (tertiary/aromatic N) is 2. The van der Waals surface area contributed by atoms with Gasteiger partial charge in [0.1, 0.15) is 6.07 Å². The van der Waals surface area contributed by atoms with Gasteiger partial charge in [-0.25, -0.2) is 4.79 Å². The summed E-state index contributed by atoms with van der Waals surface area (Å²) in [5, 5.41) is 19.8. The van der Waals surface area contributed by atoms with Crippen LogP contribution in [0.5, 0.6) is 0 Å². The normalized spacial score (nSPS) is 10.6. The van der Waals surface area contributed by atoms with Gasteiger partial charge in [-0.3, -0.25) is 10.8 Å². The van der Waals surface area contributed by atoms with Crippen molar-refractivity contribution in [2.24, 2.45) is 10.8 Å². The van der Waals surface area contributed by atoms with Crippen LogP contribution in [-0.4, -0.2) is 24.6 Å². The fourth-order valence-electron chi connectivity index (χ4n) is 1.18. The molecular weight excluding hydrogens is 305 g/mol. The molecule has 9 heteroatoms. The minimum atomic E-state index is -0.664. The van der Waals surface area contributed by atoms with E-state index in [1.54, 1.807) is 6.07 Å².